The molecule has 3 aromatic rings. The van der Waals surface area contributed by atoms with Gasteiger partial charge in [-0.1, -0.05) is 32.0 Å². The highest BCUT2D eigenvalue weighted by molar-refractivity contribution is 5.94. The molecule has 0 fully saturated rings. The summed E-state index contributed by atoms with van der Waals surface area (Å²) in [5.74, 6) is -2.22. The van der Waals surface area contributed by atoms with Crippen molar-refractivity contribution in [1.29, 1.82) is 0 Å². The van der Waals surface area contributed by atoms with Gasteiger partial charge in [0.25, 0.3) is 0 Å². The van der Waals surface area contributed by atoms with Crippen LogP contribution in [0.1, 0.15) is 54.2 Å². The molecule has 1 heterocycles. The predicted octanol–water partition coefficient (Wildman–Crippen LogP) is 3.25. The summed E-state index contributed by atoms with van der Waals surface area (Å²) in [6.07, 6.45) is 2.19. The molecule has 4 rings (SSSR count). The molecule has 0 bridgehead atoms. The maximum Gasteiger partial charge on any atom is 0.322 e. The molecule has 36 heavy (non-hydrogen) atoms. The number of hydrogen-bond acceptors (Lipinski definition) is 6. The summed E-state index contributed by atoms with van der Waals surface area (Å²) in [6.45, 7) is 4.67. The van der Waals surface area contributed by atoms with Crippen LogP contribution in [0.15, 0.2) is 41.2 Å². The van der Waals surface area contributed by atoms with E-state index in [0.717, 1.165) is 25.7 Å². The van der Waals surface area contributed by atoms with Crippen LogP contribution in [0.3, 0.4) is 0 Å². The van der Waals surface area contributed by atoms with E-state index in [9.17, 15) is 19.5 Å². The molecule has 0 spiro atoms. The fraction of sp³-hybridized carbons (Fsp3) is 0.370. The average Bonchev–Trinajstić information content (AvgIpc) is 3.23. The second-order valence-corrected chi connectivity index (χ2v) is 8.93. The molecule has 192 valence electrons. The van der Waals surface area contributed by atoms with Gasteiger partial charge in [-0.3, -0.25) is 14.4 Å². The van der Waals surface area contributed by atoms with Crippen LogP contribution in [0.4, 0.5) is 0 Å². The van der Waals surface area contributed by atoms with Crippen molar-refractivity contribution < 1.29 is 24.5 Å². The van der Waals surface area contributed by atoms with Crippen molar-refractivity contribution >= 4 is 35.2 Å². The van der Waals surface area contributed by atoms with Crippen molar-refractivity contribution in [2.75, 3.05) is 6.54 Å². The van der Waals surface area contributed by atoms with Crippen LogP contribution >= 0.6 is 12.4 Å². The minimum absolute atomic E-state index is 0. The summed E-state index contributed by atoms with van der Waals surface area (Å²) in [7, 11) is 0. The highest BCUT2D eigenvalue weighted by atomic mass is 35.5. The van der Waals surface area contributed by atoms with Crippen LogP contribution in [0.25, 0.3) is 10.9 Å². The molecule has 1 aromatic heterocycles. The van der Waals surface area contributed by atoms with E-state index in [2.05, 4.69) is 36.3 Å². The number of ether oxygens (including phenoxy) is 1. The highest BCUT2D eigenvalue weighted by Crippen LogP contribution is 2.31. The van der Waals surface area contributed by atoms with Gasteiger partial charge >= 0.3 is 11.9 Å². The number of aliphatic hydroxyl groups excluding tert-OH is 1. The number of carbonyl (C=O) groups is 2. The number of H-pyrrole nitrogens is 1. The number of aliphatic hydroxyl groups is 1. The van der Waals surface area contributed by atoms with Gasteiger partial charge in [-0.05, 0) is 65.6 Å². The van der Waals surface area contributed by atoms with Crippen LogP contribution in [-0.4, -0.2) is 39.7 Å². The van der Waals surface area contributed by atoms with E-state index in [1.165, 1.54) is 34.4 Å². The van der Waals surface area contributed by atoms with Crippen LogP contribution in [0.5, 0.6) is 5.75 Å². The minimum Gasteiger partial charge on any atom is -0.481 e. The van der Waals surface area contributed by atoms with Crippen molar-refractivity contribution in [3.63, 3.8) is 0 Å². The Kier molecular flexibility index (Phi) is 8.89. The number of aromatic nitrogens is 1. The molecule has 1 atom stereocenters. The lowest BCUT2D eigenvalue weighted by Gasteiger charge is -2.19. The lowest BCUT2D eigenvalue weighted by atomic mass is 9.97. The Labute approximate surface area is 215 Å². The standard InChI is InChI=1S/C27H30N2O6.ClH/c1-3-15-9-17-11-19(12-18(17)10-16(15)4-2)28-14-22(30)20-5-7-23(35-26(34)13-25(32)33)27-21(20)6-8-24(31)29-27;/h5-10,19,22,28,30H,3-4,11-14H2,1-2H3,(H,29,31)(H,32,33);1H/t22-;/m0./s1. The molecule has 0 aliphatic heterocycles. The minimum atomic E-state index is -1.31. The highest BCUT2D eigenvalue weighted by Gasteiger charge is 2.24. The van der Waals surface area contributed by atoms with Crippen molar-refractivity contribution in [2.24, 2.45) is 0 Å². The first-order valence-corrected chi connectivity index (χ1v) is 11.9. The second kappa shape index (κ2) is 11.7. The number of carboxylic acids is 1. The number of carboxylic acid groups (broad SMARTS) is 1. The van der Waals surface area contributed by atoms with Gasteiger partial charge in [-0.25, -0.2) is 0 Å². The molecule has 0 amide bonds. The molecule has 0 saturated heterocycles. The molecular weight excluding hydrogens is 484 g/mol. The number of fused-ring (bicyclic) bond motifs is 2. The number of halogens is 1. The number of aromatic amines is 1. The number of esters is 1. The SMILES string of the molecule is CCc1cc2c(cc1CC)CC(NC[C@H](O)c1ccc(OC(=O)CC(=O)O)c3[nH]c(=O)ccc13)C2.Cl. The van der Waals surface area contributed by atoms with E-state index >= 15 is 0 Å². The van der Waals surface area contributed by atoms with Crippen LogP contribution < -0.4 is 15.6 Å². The fourth-order valence-electron chi connectivity index (χ4n) is 4.87. The van der Waals surface area contributed by atoms with E-state index in [0.29, 0.717) is 17.5 Å². The van der Waals surface area contributed by atoms with Crippen molar-refractivity contribution in [1.82, 2.24) is 10.3 Å². The Bertz CT molecular complexity index is 1300. The summed E-state index contributed by atoms with van der Waals surface area (Å²) >= 11 is 0. The van der Waals surface area contributed by atoms with Gasteiger partial charge in [0, 0.05) is 24.0 Å². The zero-order chi connectivity index (χ0) is 25.1. The number of hydrogen-bond donors (Lipinski definition) is 4. The van der Waals surface area contributed by atoms with Gasteiger partial charge in [-0.15, -0.1) is 12.4 Å². The topological polar surface area (TPSA) is 129 Å². The number of benzene rings is 2. The molecule has 8 nitrogen and oxygen atoms in total. The second-order valence-electron chi connectivity index (χ2n) is 8.93. The third-order valence-electron chi connectivity index (χ3n) is 6.59. The number of aliphatic carboxylic acids is 1. The molecule has 9 heteroatoms. The summed E-state index contributed by atoms with van der Waals surface area (Å²) in [5.41, 5.74) is 5.93. The van der Waals surface area contributed by atoms with E-state index in [-0.39, 0.29) is 29.7 Å². The van der Waals surface area contributed by atoms with Gasteiger partial charge in [0.15, 0.2) is 5.75 Å². The van der Waals surface area contributed by atoms with Gasteiger partial charge in [0.05, 0.1) is 11.6 Å². The lowest BCUT2D eigenvalue weighted by molar-refractivity contribution is -0.145. The third-order valence-corrected chi connectivity index (χ3v) is 6.59. The Balaban J connectivity index is 0.00000361. The summed E-state index contributed by atoms with van der Waals surface area (Å²) < 4.78 is 5.16. The molecular formula is C27H31ClN2O6. The molecule has 1 aliphatic rings. The van der Waals surface area contributed by atoms with E-state index in [4.69, 9.17) is 9.84 Å². The average molecular weight is 515 g/mol. The van der Waals surface area contributed by atoms with Gasteiger partial charge in [-0.2, -0.15) is 0 Å². The van der Waals surface area contributed by atoms with Crippen LogP contribution in [-0.2, 0) is 35.3 Å². The maximum absolute atomic E-state index is 11.9. The van der Waals surface area contributed by atoms with Crippen molar-refractivity contribution in [3.8, 4) is 5.75 Å². The molecule has 4 N–H and O–H groups in total. The first-order valence-electron chi connectivity index (χ1n) is 11.9. The summed E-state index contributed by atoms with van der Waals surface area (Å²) in [5, 5.41) is 23.8. The molecule has 2 aromatic carbocycles. The fourth-order valence-corrected chi connectivity index (χ4v) is 4.87. The Morgan fingerprint density at radius 1 is 1.08 bits per heavy atom. The predicted molar refractivity (Wildman–Crippen MR) is 139 cm³/mol. The van der Waals surface area contributed by atoms with Gasteiger partial charge < -0.3 is 25.3 Å². The smallest absolute Gasteiger partial charge is 0.322 e. The number of nitrogens with one attached hydrogen (secondary N) is 2. The van der Waals surface area contributed by atoms with E-state index < -0.39 is 30.0 Å². The summed E-state index contributed by atoms with van der Waals surface area (Å²) in [6, 6.07) is 10.8. The third kappa shape index (κ3) is 5.95. The number of aryl methyl sites for hydroxylation is 2. The van der Waals surface area contributed by atoms with Gasteiger partial charge in [0.1, 0.15) is 6.42 Å². The maximum atomic E-state index is 11.9. The number of pyridine rings is 1. The Morgan fingerprint density at radius 3 is 2.31 bits per heavy atom. The molecule has 0 saturated carbocycles. The van der Waals surface area contributed by atoms with Crippen molar-refractivity contribution in [2.45, 2.75) is 58.1 Å². The lowest BCUT2D eigenvalue weighted by Crippen LogP contribution is -2.33. The Morgan fingerprint density at radius 2 is 1.72 bits per heavy atom. The summed E-state index contributed by atoms with van der Waals surface area (Å²) in [4.78, 5) is 37.2. The molecule has 0 radical (unpaired) electrons. The van der Waals surface area contributed by atoms with Gasteiger partial charge in [0.2, 0.25) is 5.56 Å². The first kappa shape index (κ1) is 27.4. The first-order chi connectivity index (χ1) is 16.8. The zero-order valence-corrected chi connectivity index (χ0v) is 21.1. The molecule has 0 unspecified atom stereocenters. The largest absolute Gasteiger partial charge is 0.481 e. The quantitative estimate of drug-likeness (QED) is 0.196. The normalized spacial score (nSPS) is 13.8. The molecule has 1 aliphatic carbocycles. The zero-order valence-electron chi connectivity index (χ0n) is 20.3. The number of carbonyl (C=O) groups excluding carboxylic acids is 1. The van der Waals surface area contributed by atoms with E-state index in [1.807, 2.05) is 0 Å². The van der Waals surface area contributed by atoms with E-state index in [1.54, 1.807) is 12.1 Å². The van der Waals surface area contributed by atoms with Crippen LogP contribution in [0, 0.1) is 0 Å². The van der Waals surface area contributed by atoms with Crippen molar-refractivity contribution in [3.05, 3.63) is 74.6 Å². The Hall–Kier alpha value is -3.20. The number of rotatable bonds is 9. The monoisotopic (exact) mass is 514 g/mol. The van der Waals surface area contributed by atoms with Crippen LogP contribution in [0.2, 0.25) is 0 Å².